The molecule has 2 rings (SSSR count). The van der Waals surface area contributed by atoms with Crippen molar-refractivity contribution in [1.82, 2.24) is 4.31 Å². The van der Waals surface area contributed by atoms with Crippen LogP contribution in [-0.4, -0.2) is 25.2 Å². The van der Waals surface area contributed by atoms with Crippen LogP contribution < -0.4 is 0 Å². The molecular formula is C10H11NO3S. The van der Waals surface area contributed by atoms with E-state index in [0.717, 1.165) is 4.31 Å². The van der Waals surface area contributed by atoms with Crippen molar-refractivity contribution in [3.63, 3.8) is 0 Å². The van der Waals surface area contributed by atoms with Crippen LogP contribution in [0.15, 0.2) is 24.3 Å². The molecule has 1 aliphatic rings. The molecule has 0 saturated carbocycles. The lowest BCUT2D eigenvalue weighted by molar-refractivity contribution is 0.0861. The van der Waals surface area contributed by atoms with Gasteiger partial charge in [-0.15, -0.1) is 0 Å². The molecule has 0 N–H and O–H groups in total. The van der Waals surface area contributed by atoms with Crippen LogP contribution in [0.2, 0.25) is 0 Å². The van der Waals surface area contributed by atoms with Gasteiger partial charge in [0.2, 0.25) is 10.0 Å². The minimum absolute atomic E-state index is 0.0806. The van der Waals surface area contributed by atoms with Crippen molar-refractivity contribution in [1.29, 1.82) is 0 Å². The van der Waals surface area contributed by atoms with Gasteiger partial charge >= 0.3 is 0 Å². The Morgan fingerprint density at radius 1 is 1.33 bits per heavy atom. The fraction of sp³-hybridized carbons (Fsp3) is 0.300. The summed E-state index contributed by atoms with van der Waals surface area (Å²) in [4.78, 5) is 11.8. The number of rotatable bonds is 1. The van der Waals surface area contributed by atoms with Gasteiger partial charge in [0.1, 0.15) is 0 Å². The van der Waals surface area contributed by atoms with Gasteiger partial charge in [-0.25, -0.2) is 12.7 Å². The van der Waals surface area contributed by atoms with E-state index in [4.69, 9.17) is 0 Å². The minimum atomic E-state index is -3.45. The summed E-state index contributed by atoms with van der Waals surface area (Å²) in [5.41, 5.74) is 1.08. The number of nitrogens with zero attached hydrogens (tertiary/aromatic N) is 1. The van der Waals surface area contributed by atoms with Crippen molar-refractivity contribution < 1.29 is 13.2 Å². The Balaban J connectivity index is 2.61. The summed E-state index contributed by atoms with van der Waals surface area (Å²) in [6, 6.07) is 6.82. The van der Waals surface area contributed by atoms with Gasteiger partial charge in [-0.3, -0.25) is 4.79 Å². The summed E-state index contributed by atoms with van der Waals surface area (Å²) in [6.07, 6.45) is 0. The number of benzene rings is 1. The molecule has 0 radical (unpaired) electrons. The van der Waals surface area contributed by atoms with Crippen LogP contribution in [0, 0.1) is 0 Å². The second kappa shape index (κ2) is 3.34. The predicted octanol–water partition coefficient (Wildman–Crippen LogP) is 0.992. The van der Waals surface area contributed by atoms with Gasteiger partial charge in [0, 0.05) is 12.1 Å². The van der Waals surface area contributed by atoms with Crippen LogP contribution in [0.3, 0.4) is 0 Å². The van der Waals surface area contributed by atoms with E-state index >= 15 is 0 Å². The second-order valence-electron chi connectivity index (χ2n) is 3.38. The van der Waals surface area contributed by atoms with E-state index < -0.39 is 15.9 Å². The third-order valence-corrected chi connectivity index (χ3v) is 4.21. The molecule has 1 aromatic carbocycles. The molecule has 0 aliphatic carbocycles. The third kappa shape index (κ3) is 1.52. The van der Waals surface area contributed by atoms with E-state index in [2.05, 4.69) is 0 Å². The summed E-state index contributed by atoms with van der Waals surface area (Å²) < 4.78 is 24.3. The summed E-state index contributed by atoms with van der Waals surface area (Å²) in [5.74, 6) is -0.498. The zero-order valence-corrected chi connectivity index (χ0v) is 9.12. The van der Waals surface area contributed by atoms with Gasteiger partial charge in [0.25, 0.3) is 5.91 Å². The summed E-state index contributed by atoms with van der Waals surface area (Å²) >= 11 is 0. The average molecular weight is 225 g/mol. The molecule has 0 unspecified atom stereocenters. The maximum absolute atomic E-state index is 11.8. The van der Waals surface area contributed by atoms with Crippen LogP contribution in [0.5, 0.6) is 0 Å². The highest BCUT2D eigenvalue weighted by Gasteiger charge is 2.34. The van der Waals surface area contributed by atoms with Crippen LogP contribution >= 0.6 is 0 Å². The third-order valence-electron chi connectivity index (χ3n) is 2.44. The van der Waals surface area contributed by atoms with E-state index in [0.29, 0.717) is 11.1 Å². The highest BCUT2D eigenvalue weighted by Crippen LogP contribution is 2.23. The number of sulfonamides is 1. The van der Waals surface area contributed by atoms with Gasteiger partial charge in [0.15, 0.2) is 0 Å². The van der Waals surface area contributed by atoms with E-state index in [1.807, 2.05) is 0 Å². The largest absolute Gasteiger partial charge is 0.268 e. The van der Waals surface area contributed by atoms with Gasteiger partial charge in [-0.2, -0.15) is 0 Å². The molecule has 0 atom stereocenters. The van der Waals surface area contributed by atoms with Crippen molar-refractivity contribution in [3.05, 3.63) is 35.4 Å². The number of hydrogen-bond acceptors (Lipinski definition) is 3. The Hall–Kier alpha value is -1.36. The molecule has 80 valence electrons. The standard InChI is InChI=1S/C10H11NO3S/c1-2-11-10(12)9-6-4-3-5-8(9)7-15(11,13)14/h3-6H,2,7H2,1H3. The highest BCUT2D eigenvalue weighted by atomic mass is 32.2. The molecular weight excluding hydrogens is 214 g/mol. The first kappa shape index (κ1) is 10.2. The molecule has 5 heteroatoms. The summed E-state index contributed by atoms with van der Waals surface area (Å²) in [7, 11) is -3.45. The van der Waals surface area contributed by atoms with Crippen molar-refractivity contribution in [2.24, 2.45) is 0 Å². The maximum Gasteiger partial charge on any atom is 0.267 e. The van der Waals surface area contributed by atoms with Crippen LogP contribution in [0.1, 0.15) is 22.8 Å². The van der Waals surface area contributed by atoms with E-state index in [-0.39, 0.29) is 12.3 Å². The lowest BCUT2D eigenvalue weighted by Gasteiger charge is -2.26. The van der Waals surface area contributed by atoms with E-state index in [9.17, 15) is 13.2 Å². The lowest BCUT2D eigenvalue weighted by Crippen LogP contribution is -2.41. The highest BCUT2D eigenvalue weighted by molar-refractivity contribution is 7.89. The zero-order chi connectivity index (χ0) is 11.1. The fourth-order valence-corrected chi connectivity index (χ4v) is 3.28. The van der Waals surface area contributed by atoms with Gasteiger partial charge in [-0.05, 0) is 18.6 Å². The predicted molar refractivity (Wildman–Crippen MR) is 55.8 cm³/mol. The number of hydrogen-bond donors (Lipinski definition) is 0. The lowest BCUT2D eigenvalue weighted by atomic mass is 10.1. The first-order chi connectivity index (χ1) is 7.06. The SMILES string of the molecule is CCN1C(=O)c2ccccc2CS1(=O)=O. The molecule has 1 amide bonds. The summed E-state index contributed by atoms with van der Waals surface area (Å²) in [5, 5.41) is 0. The minimum Gasteiger partial charge on any atom is -0.268 e. The first-order valence-corrected chi connectivity index (χ1v) is 6.30. The van der Waals surface area contributed by atoms with Gasteiger partial charge < -0.3 is 0 Å². The fourth-order valence-electron chi connectivity index (χ4n) is 1.73. The van der Waals surface area contributed by atoms with Crippen molar-refractivity contribution >= 4 is 15.9 Å². The molecule has 1 aliphatic heterocycles. The number of carbonyl (C=O) groups excluding carboxylic acids is 1. The van der Waals surface area contributed by atoms with Crippen LogP contribution in [0.4, 0.5) is 0 Å². The maximum atomic E-state index is 11.8. The number of carbonyl (C=O) groups is 1. The van der Waals surface area contributed by atoms with Crippen LogP contribution in [-0.2, 0) is 15.8 Å². The topological polar surface area (TPSA) is 54.5 Å². The zero-order valence-electron chi connectivity index (χ0n) is 8.30. The van der Waals surface area contributed by atoms with E-state index in [1.165, 1.54) is 0 Å². The molecule has 0 spiro atoms. The number of fused-ring (bicyclic) bond motifs is 1. The second-order valence-corrected chi connectivity index (χ2v) is 5.28. The molecule has 1 aromatic rings. The average Bonchev–Trinajstić information content (AvgIpc) is 2.17. The van der Waals surface area contributed by atoms with Crippen LogP contribution in [0.25, 0.3) is 0 Å². The Bertz CT molecular complexity index is 507. The van der Waals surface area contributed by atoms with Crippen molar-refractivity contribution in [3.8, 4) is 0 Å². The quantitative estimate of drug-likeness (QED) is 0.716. The van der Waals surface area contributed by atoms with Crippen molar-refractivity contribution in [2.75, 3.05) is 6.54 Å². The van der Waals surface area contributed by atoms with Gasteiger partial charge in [0.05, 0.1) is 5.75 Å². The summed E-state index contributed by atoms with van der Waals surface area (Å²) in [6.45, 7) is 1.85. The Kier molecular flexibility index (Phi) is 2.26. The normalized spacial score (nSPS) is 18.7. The molecule has 15 heavy (non-hydrogen) atoms. The Morgan fingerprint density at radius 3 is 2.67 bits per heavy atom. The molecule has 4 nitrogen and oxygen atoms in total. The Morgan fingerprint density at radius 2 is 2.00 bits per heavy atom. The van der Waals surface area contributed by atoms with E-state index in [1.54, 1.807) is 31.2 Å². The Labute approximate surface area is 88.6 Å². The molecule has 0 bridgehead atoms. The molecule has 0 fully saturated rings. The number of amides is 1. The van der Waals surface area contributed by atoms with Crippen molar-refractivity contribution in [2.45, 2.75) is 12.7 Å². The molecule has 1 heterocycles. The monoisotopic (exact) mass is 225 g/mol. The molecule has 0 saturated heterocycles. The molecule has 0 aromatic heterocycles. The smallest absolute Gasteiger partial charge is 0.267 e. The first-order valence-electron chi connectivity index (χ1n) is 4.69. The van der Waals surface area contributed by atoms with Gasteiger partial charge in [-0.1, -0.05) is 18.2 Å².